The highest BCUT2D eigenvalue weighted by Gasteiger charge is 2.43. The minimum atomic E-state index is -0.0957. The molecule has 0 spiro atoms. The Morgan fingerprint density at radius 3 is 2.00 bits per heavy atom. The van der Waals surface area contributed by atoms with Crippen molar-refractivity contribution in [1.29, 1.82) is 0 Å². The first-order chi connectivity index (χ1) is 14.8. The average Bonchev–Trinajstić information content (AvgIpc) is 3.57. The number of ether oxygens (including phenoxy) is 2. The van der Waals surface area contributed by atoms with Gasteiger partial charge in [0.2, 0.25) is 0 Å². The van der Waals surface area contributed by atoms with E-state index in [1.54, 1.807) is 0 Å². The van der Waals surface area contributed by atoms with Crippen molar-refractivity contribution in [1.82, 2.24) is 5.06 Å². The Bertz CT molecular complexity index is 551. The lowest BCUT2D eigenvalue weighted by Gasteiger charge is -2.52. The first-order valence-corrected chi connectivity index (χ1v) is 12.5. The highest BCUT2D eigenvalue weighted by Crippen LogP contribution is 2.40. The second-order valence-corrected chi connectivity index (χ2v) is 9.62. The number of hydroxylamine groups is 2. The Kier molecular flexibility index (Phi) is 12.9. The topological polar surface area (TPSA) is 34.2 Å². The smallest absolute Gasteiger partial charge is 0.128 e. The zero-order chi connectivity index (χ0) is 23.3. The van der Waals surface area contributed by atoms with E-state index in [1.807, 2.05) is 19.9 Å². The second kappa shape index (κ2) is 14.3. The van der Waals surface area contributed by atoms with Crippen LogP contribution in [0.4, 0.5) is 0 Å². The number of hydrogen-bond donors (Lipinski definition) is 0. The molecule has 0 radical (unpaired) electrons. The first-order valence-electron chi connectivity index (χ1n) is 12.5. The van der Waals surface area contributed by atoms with Gasteiger partial charge in [0.05, 0.1) is 19.8 Å². The summed E-state index contributed by atoms with van der Waals surface area (Å²) in [7, 11) is 0. The predicted octanol–water partition coefficient (Wildman–Crippen LogP) is 7.34. The summed E-state index contributed by atoms with van der Waals surface area (Å²) in [5.74, 6) is 0. The number of epoxide rings is 1. The van der Waals surface area contributed by atoms with Gasteiger partial charge >= 0.3 is 0 Å². The minimum Gasteiger partial charge on any atom is -0.376 e. The summed E-state index contributed by atoms with van der Waals surface area (Å²) in [6, 6.07) is 10.4. The molecule has 2 aliphatic heterocycles. The van der Waals surface area contributed by atoms with Crippen LogP contribution in [-0.2, 0) is 14.3 Å². The van der Waals surface area contributed by atoms with Crippen molar-refractivity contribution < 1.29 is 14.3 Å². The van der Waals surface area contributed by atoms with Gasteiger partial charge in [-0.25, -0.2) is 0 Å². The van der Waals surface area contributed by atoms with Crippen LogP contribution >= 0.6 is 0 Å². The summed E-state index contributed by atoms with van der Waals surface area (Å²) in [5, 5.41) is 2.22. The monoisotopic (exact) mass is 435 g/mol. The van der Waals surface area contributed by atoms with Crippen LogP contribution in [0.2, 0.25) is 0 Å². The Labute approximate surface area is 192 Å². The normalized spacial score (nSPS) is 22.4. The molecule has 1 aromatic carbocycles. The Morgan fingerprint density at radius 1 is 1.00 bits per heavy atom. The van der Waals surface area contributed by atoms with E-state index >= 15 is 0 Å². The van der Waals surface area contributed by atoms with Crippen molar-refractivity contribution in [2.75, 3.05) is 19.8 Å². The number of nitrogens with zero attached hydrogens (tertiary/aromatic N) is 1. The van der Waals surface area contributed by atoms with Gasteiger partial charge in [-0.15, -0.1) is 0 Å². The van der Waals surface area contributed by atoms with E-state index in [-0.39, 0.29) is 23.3 Å². The van der Waals surface area contributed by atoms with Crippen molar-refractivity contribution in [2.45, 2.75) is 117 Å². The van der Waals surface area contributed by atoms with Crippen LogP contribution in [0.15, 0.2) is 30.3 Å². The SMILES string of the molecule is CC.CC1(C)CCCC(C)(C)N1OC(COCC1CO1)c1ccccc1.CCCCC. The van der Waals surface area contributed by atoms with Gasteiger partial charge in [0, 0.05) is 11.1 Å². The largest absolute Gasteiger partial charge is 0.376 e. The molecule has 31 heavy (non-hydrogen) atoms. The van der Waals surface area contributed by atoms with Gasteiger partial charge in [-0.1, -0.05) is 77.3 Å². The van der Waals surface area contributed by atoms with Crippen molar-refractivity contribution in [2.24, 2.45) is 0 Å². The third kappa shape index (κ3) is 10.0. The molecule has 2 fully saturated rings. The van der Waals surface area contributed by atoms with Gasteiger partial charge in [0.25, 0.3) is 0 Å². The van der Waals surface area contributed by atoms with Crippen molar-refractivity contribution in [3.8, 4) is 0 Å². The quantitative estimate of drug-likeness (QED) is 0.380. The zero-order valence-electron chi connectivity index (χ0n) is 21.6. The fourth-order valence-corrected chi connectivity index (χ4v) is 4.07. The lowest BCUT2D eigenvalue weighted by Crippen LogP contribution is -2.58. The summed E-state index contributed by atoms with van der Waals surface area (Å²) in [6.07, 6.45) is 7.80. The van der Waals surface area contributed by atoms with Crippen LogP contribution in [0.25, 0.3) is 0 Å². The van der Waals surface area contributed by atoms with E-state index in [1.165, 1.54) is 25.7 Å². The van der Waals surface area contributed by atoms with Crippen LogP contribution in [-0.4, -0.2) is 42.1 Å². The highest BCUT2D eigenvalue weighted by molar-refractivity contribution is 5.17. The van der Waals surface area contributed by atoms with Gasteiger partial charge in [-0.2, -0.15) is 5.06 Å². The molecule has 0 aromatic heterocycles. The molecular formula is C27H49NO3. The molecule has 0 bridgehead atoms. The maximum atomic E-state index is 6.58. The van der Waals surface area contributed by atoms with Gasteiger partial charge in [-0.3, -0.25) is 4.84 Å². The fraction of sp³-hybridized carbons (Fsp3) is 0.778. The van der Waals surface area contributed by atoms with E-state index in [4.69, 9.17) is 14.3 Å². The van der Waals surface area contributed by atoms with Gasteiger partial charge in [0.1, 0.15) is 12.2 Å². The Morgan fingerprint density at radius 2 is 1.55 bits per heavy atom. The molecule has 4 heteroatoms. The third-order valence-corrected chi connectivity index (χ3v) is 5.76. The first kappa shape index (κ1) is 28.1. The molecule has 2 saturated heterocycles. The molecule has 2 atom stereocenters. The number of unbranched alkanes of at least 4 members (excludes halogenated alkanes) is 2. The van der Waals surface area contributed by atoms with E-state index in [0.717, 1.165) is 25.0 Å². The van der Waals surface area contributed by atoms with Crippen molar-refractivity contribution >= 4 is 0 Å². The molecular weight excluding hydrogens is 386 g/mol. The molecule has 4 nitrogen and oxygen atoms in total. The summed E-state index contributed by atoms with van der Waals surface area (Å²) in [6.45, 7) is 19.5. The second-order valence-electron chi connectivity index (χ2n) is 9.62. The number of rotatable bonds is 9. The molecule has 0 amide bonds. The van der Waals surface area contributed by atoms with Crippen LogP contribution in [0.3, 0.4) is 0 Å². The molecule has 3 rings (SSSR count). The summed E-state index contributed by atoms with van der Waals surface area (Å²) >= 11 is 0. The van der Waals surface area contributed by atoms with E-state index in [0.29, 0.717) is 13.2 Å². The van der Waals surface area contributed by atoms with E-state index < -0.39 is 0 Å². The average molecular weight is 436 g/mol. The van der Waals surface area contributed by atoms with Crippen LogP contribution in [0, 0.1) is 0 Å². The zero-order valence-corrected chi connectivity index (χ0v) is 21.6. The van der Waals surface area contributed by atoms with Crippen LogP contribution in [0.5, 0.6) is 0 Å². The highest BCUT2D eigenvalue weighted by atomic mass is 16.7. The van der Waals surface area contributed by atoms with Crippen molar-refractivity contribution in [3.63, 3.8) is 0 Å². The summed E-state index contributed by atoms with van der Waals surface area (Å²) < 4.78 is 11.1. The fourth-order valence-electron chi connectivity index (χ4n) is 4.07. The molecule has 0 N–H and O–H groups in total. The summed E-state index contributed by atoms with van der Waals surface area (Å²) in [4.78, 5) is 6.58. The van der Waals surface area contributed by atoms with Gasteiger partial charge in [0.15, 0.2) is 0 Å². The molecule has 1 aromatic rings. The number of hydrogen-bond acceptors (Lipinski definition) is 4. The third-order valence-electron chi connectivity index (χ3n) is 5.76. The molecule has 0 saturated carbocycles. The molecule has 0 aliphatic carbocycles. The standard InChI is InChI=1S/C20H31NO3.C5H12.C2H6/c1-19(2)11-8-12-20(3,4)21(19)24-18(15-22-13-17-14-23-17)16-9-6-5-7-10-16;1-3-5-4-2;1-2/h5-7,9-10,17-18H,8,11-15H2,1-4H3;3-5H2,1-2H3;1-2H3. The van der Waals surface area contributed by atoms with E-state index in [2.05, 4.69) is 70.9 Å². The van der Waals surface area contributed by atoms with Gasteiger partial charge < -0.3 is 9.47 Å². The number of piperidine rings is 1. The van der Waals surface area contributed by atoms with Crippen LogP contribution in [0.1, 0.15) is 106 Å². The lowest BCUT2D eigenvalue weighted by atomic mass is 9.82. The minimum absolute atomic E-state index is 0.0222. The maximum Gasteiger partial charge on any atom is 0.128 e. The molecule has 2 heterocycles. The Balaban J connectivity index is 0.000000605. The molecule has 2 aliphatic rings. The molecule has 2 unspecified atom stereocenters. The van der Waals surface area contributed by atoms with Gasteiger partial charge in [-0.05, 0) is 52.5 Å². The maximum absolute atomic E-state index is 6.58. The Hall–Kier alpha value is -0.940. The lowest BCUT2D eigenvalue weighted by molar-refractivity contribution is -0.312. The van der Waals surface area contributed by atoms with Crippen LogP contribution < -0.4 is 0 Å². The number of benzene rings is 1. The predicted molar refractivity (Wildman–Crippen MR) is 131 cm³/mol. The summed E-state index contributed by atoms with van der Waals surface area (Å²) in [5.41, 5.74) is 1.20. The van der Waals surface area contributed by atoms with E-state index in [9.17, 15) is 0 Å². The van der Waals surface area contributed by atoms with Crippen molar-refractivity contribution in [3.05, 3.63) is 35.9 Å². The molecule has 180 valence electrons.